The number of carbonyl (C=O) groups is 2. The Labute approximate surface area is 202 Å². The number of nitrogens with one attached hydrogen (secondary N) is 2. The fourth-order valence-corrected chi connectivity index (χ4v) is 4.58. The quantitative estimate of drug-likeness (QED) is 0.441. The summed E-state index contributed by atoms with van der Waals surface area (Å²) in [7, 11) is 0. The van der Waals surface area contributed by atoms with E-state index in [1.54, 1.807) is 24.3 Å². The Balaban J connectivity index is 1.33. The molecule has 0 spiro atoms. The molecule has 0 bridgehead atoms. The topological polar surface area (TPSA) is 93.1 Å². The molecular weight excluding hydrogens is 440 g/mol. The maximum Gasteiger partial charge on any atom is 0.290 e. The van der Waals surface area contributed by atoms with Crippen molar-refractivity contribution in [2.45, 2.75) is 38.6 Å². The lowest BCUT2D eigenvalue weighted by atomic mass is 9.90. The van der Waals surface area contributed by atoms with Crippen LogP contribution in [0.5, 0.6) is 0 Å². The number of amides is 2. The van der Waals surface area contributed by atoms with E-state index < -0.39 is 5.91 Å². The van der Waals surface area contributed by atoms with E-state index in [0.29, 0.717) is 10.8 Å². The van der Waals surface area contributed by atoms with Gasteiger partial charge in [0, 0.05) is 5.39 Å². The number of fused-ring (bicyclic) bond motifs is 2. The molecule has 1 aromatic heterocycles. The van der Waals surface area contributed by atoms with Crippen molar-refractivity contribution in [2.24, 2.45) is 0 Å². The van der Waals surface area contributed by atoms with Gasteiger partial charge in [-0.2, -0.15) is 5.10 Å². The van der Waals surface area contributed by atoms with Gasteiger partial charge in [-0.1, -0.05) is 66.7 Å². The molecule has 2 N–H and O–H groups in total. The fraction of sp³-hybridized carbons (Fsp3) is 0.214. The van der Waals surface area contributed by atoms with Crippen LogP contribution in [0, 0.1) is 0 Å². The number of aromatic nitrogens is 2. The molecule has 0 unspecified atom stereocenters. The number of aryl methyl sites for hydroxylation is 2. The van der Waals surface area contributed by atoms with Gasteiger partial charge in [0.25, 0.3) is 11.5 Å². The highest BCUT2D eigenvalue weighted by atomic mass is 16.2. The lowest BCUT2D eigenvalue weighted by Gasteiger charge is -2.16. The summed E-state index contributed by atoms with van der Waals surface area (Å²) in [5, 5.41) is 5.17. The van der Waals surface area contributed by atoms with Gasteiger partial charge in [-0.3, -0.25) is 25.2 Å². The molecule has 0 fully saturated rings. The minimum atomic E-state index is -0.582. The highest BCUT2D eigenvalue weighted by Crippen LogP contribution is 2.22. The Bertz CT molecular complexity index is 1460. The number of benzene rings is 3. The Morgan fingerprint density at radius 3 is 2.31 bits per heavy atom. The minimum Gasteiger partial charge on any atom is -0.273 e. The Morgan fingerprint density at radius 2 is 1.51 bits per heavy atom. The average molecular weight is 467 g/mol. The van der Waals surface area contributed by atoms with Gasteiger partial charge < -0.3 is 0 Å². The Morgan fingerprint density at radius 1 is 0.800 bits per heavy atom. The van der Waals surface area contributed by atoms with Gasteiger partial charge in [-0.25, -0.2) is 4.68 Å². The second kappa shape index (κ2) is 9.93. The van der Waals surface area contributed by atoms with Crippen molar-refractivity contribution in [1.82, 2.24) is 20.6 Å². The molecule has 1 heterocycles. The molecule has 4 aromatic rings. The van der Waals surface area contributed by atoms with Crippen molar-refractivity contribution in [2.75, 3.05) is 0 Å². The van der Waals surface area contributed by atoms with Crippen LogP contribution in [-0.2, 0) is 30.6 Å². The van der Waals surface area contributed by atoms with Gasteiger partial charge in [0.05, 0.1) is 18.4 Å². The molecule has 176 valence electrons. The molecule has 5 rings (SSSR count). The van der Waals surface area contributed by atoms with E-state index in [2.05, 4.69) is 28.1 Å². The molecule has 0 radical (unpaired) electrons. The van der Waals surface area contributed by atoms with Gasteiger partial charge >= 0.3 is 0 Å². The van der Waals surface area contributed by atoms with Crippen LogP contribution in [0.25, 0.3) is 10.8 Å². The van der Waals surface area contributed by atoms with Crippen molar-refractivity contribution in [3.05, 3.63) is 111 Å². The zero-order valence-electron chi connectivity index (χ0n) is 19.3. The number of hydrogen-bond donors (Lipinski definition) is 2. The average Bonchev–Trinajstić information content (AvgIpc) is 2.89. The second-order valence-corrected chi connectivity index (χ2v) is 8.83. The highest BCUT2D eigenvalue weighted by molar-refractivity contribution is 6.05. The summed E-state index contributed by atoms with van der Waals surface area (Å²) in [5.74, 6) is -0.905. The first-order valence-electron chi connectivity index (χ1n) is 11.8. The summed E-state index contributed by atoms with van der Waals surface area (Å²) < 4.78 is 1.28. The van der Waals surface area contributed by atoms with Crippen LogP contribution in [0.4, 0.5) is 0 Å². The van der Waals surface area contributed by atoms with Crippen molar-refractivity contribution in [3.8, 4) is 0 Å². The van der Waals surface area contributed by atoms with Crippen LogP contribution in [-0.4, -0.2) is 21.6 Å². The minimum absolute atomic E-state index is 0.0743. The van der Waals surface area contributed by atoms with Gasteiger partial charge in [0.15, 0.2) is 5.69 Å². The molecule has 7 nitrogen and oxygen atoms in total. The van der Waals surface area contributed by atoms with Gasteiger partial charge in [-0.15, -0.1) is 0 Å². The molecule has 0 atom stereocenters. The zero-order valence-corrected chi connectivity index (χ0v) is 19.3. The summed E-state index contributed by atoms with van der Waals surface area (Å²) in [6.45, 7) is 0.232. The third-order valence-electron chi connectivity index (χ3n) is 6.35. The standard InChI is InChI=1S/C28H26N4O3/c33-25(17-20-14-15-21-10-4-5-11-22(21)16-20)29-30-27(34)26-23-12-6-7-13-24(23)28(35)32(31-26)18-19-8-2-1-3-9-19/h1-3,6-9,12-16H,4-5,10-11,17-18H2,(H,29,33)(H,30,34). The van der Waals surface area contributed by atoms with E-state index >= 15 is 0 Å². The molecule has 35 heavy (non-hydrogen) atoms. The van der Waals surface area contributed by atoms with Crippen LogP contribution in [0.3, 0.4) is 0 Å². The lowest BCUT2D eigenvalue weighted by Crippen LogP contribution is -2.43. The third-order valence-corrected chi connectivity index (χ3v) is 6.35. The van der Waals surface area contributed by atoms with Crippen molar-refractivity contribution in [3.63, 3.8) is 0 Å². The van der Waals surface area contributed by atoms with Crippen LogP contribution in [0.2, 0.25) is 0 Å². The normalized spacial score (nSPS) is 12.7. The molecule has 1 aliphatic carbocycles. The van der Waals surface area contributed by atoms with E-state index in [0.717, 1.165) is 24.0 Å². The van der Waals surface area contributed by atoms with Gasteiger partial charge in [0.2, 0.25) is 5.91 Å². The summed E-state index contributed by atoms with van der Waals surface area (Å²) in [4.78, 5) is 38.5. The Hall–Kier alpha value is -4.26. The maximum atomic E-state index is 13.0. The van der Waals surface area contributed by atoms with Crippen molar-refractivity contribution >= 4 is 22.6 Å². The van der Waals surface area contributed by atoms with E-state index in [1.165, 1.54) is 28.7 Å². The number of carbonyl (C=O) groups excluding carboxylic acids is 2. The first-order chi connectivity index (χ1) is 17.1. The van der Waals surface area contributed by atoms with E-state index in [-0.39, 0.29) is 30.1 Å². The molecule has 3 aromatic carbocycles. The van der Waals surface area contributed by atoms with Crippen LogP contribution in [0.1, 0.15) is 45.6 Å². The second-order valence-electron chi connectivity index (χ2n) is 8.83. The molecule has 7 heteroatoms. The summed E-state index contributed by atoms with van der Waals surface area (Å²) in [6.07, 6.45) is 4.67. The molecule has 0 saturated carbocycles. The molecule has 2 amide bonds. The Kier molecular flexibility index (Phi) is 6.39. The number of hydrogen-bond acceptors (Lipinski definition) is 4. The van der Waals surface area contributed by atoms with Gasteiger partial charge in [0.1, 0.15) is 0 Å². The van der Waals surface area contributed by atoms with Crippen molar-refractivity contribution in [1.29, 1.82) is 0 Å². The lowest BCUT2D eigenvalue weighted by molar-refractivity contribution is -0.121. The predicted octanol–water partition coefficient (Wildman–Crippen LogP) is 3.33. The highest BCUT2D eigenvalue weighted by Gasteiger charge is 2.18. The van der Waals surface area contributed by atoms with Crippen LogP contribution < -0.4 is 16.4 Å². The van der Waals surface area contributed by atoms with Gasteiger partial charge in [-0.05, 0) is 54.0 Å². The maximum absolute atomic E-state index is 13.0. The number of nitrogens with zero attached hydrogens (tertiary/aromatic N) is 2. The number of rotatable bonds is 5. The van der Waals surface area contributed by atoms with E-state index in [1.807, 2.05) is 36.4 Å². The first-order valence-corrected chi connectivity index (χ1v) is 11.8. The monoisotopic (exact) mass is 466 g/mol. The predicted molar refractivity (Wildman–Crippen MR) is 134 cm³/mol. The SMILES string of the molecule is O=C(Cc1ccc2c(c1)CCCC2)NNC(=O)c1nn(Cc2ccccc2)c(=O)c2ccccc12. The molecule has 0 saturated heterocycles. The molecule has 1 aliphatic rings. The zero-order chi connectivity index (χ0) is 24.2. The summed E-state index contributed by atoms with van der Waals surface area (Å²) in [5.41, 5.74) is 9.22. The molecular formula is C28H26N4O3. The largest absolute Gasteiger partial charge is 0.290 e. The smallest absolute Gasteiger partial charge is 0.273 e. The summed E-state index contributed by atoms with van der Waals surface area (Å²) in [6, 6.07) is 22.5. The summed E-state index contributed by atoms with van der Waals surface area (Å²) >= 11 is 0. The van der Waals surface area contributed by atoms with Crippen LogP contribution >= 0.6 is 0 Å². The third kappa shape index (κ3) is 4.99. The fourth-order valence-electron chi connectivity index (χ4n) is 4.58. The van der Waals surface area contributed by atoms with Crippen LogP contribution in [0.15, 0.2) is 77.6 Å². The number of hydrazine groups is 1. The van der Waals surface area contributed by atoms with E-state index in [9.17, 15) is 14.4 Å². The molecule has 0 aliphatic heterocycles. The van der Waals surface area contributed by atoms with E-state index in [4.69, 9.17) is 0 Å². The van der Waals surface area contributed by atoms with Crippen molar-refractivity contribution < 1.29 is 9.59 Å². The first kappa shape index (κ1) is 22.5.